The average molecular weight is 357 g/mol. The Labute approximate surface area is 149 Å². The van der Waals surface area contributed by atoms with Crippen LogP contribution < -0.4 is 9.47 Å². The summed E-state index contributed by atoms with van der Waals surface area (Å²) >= 11 is 1.65. The lowest BCUT2D eigenvalue weighted by Crippen LogP contribution is -2.44. The summed E-state index contributed by atoms with van der Waals surface area (Å²) < 4.78 is 13.5. The number of para-hydroxylation sites is 2. The first kappa shape index (κ1) is 16.0. The van der Waals surface area contributed by atoms with Crippen molar-refractivity contribution in [3.63, 3.8) is 0 Å². The van der Waals surface area contributed by atoms with E-state index < -0.39 is 6.10 Å². The van der Waals surface area contributed by atoms with Crippen molar-refractivity contribution in [3.8, 4) is 11.5 Å². The molecule has 0 radical (unpaired) electrons. The monoisotopic (exact) mass is 357 g/mol. The minimum atomic E-state index is -0.632. The van der Waals surface area contributed by atoms with Crippen LogP contribution in [0.2, 0.25) is 0 Å². The van der Waals surface area contributed by atoms with Crippen LogP contribution in [0.4, 0.5) is 0 Å². The van der Waals surface area contributed by atoms with Crippen LogP contribution in [0.15, 0.2) is 30.5 Å². The molecular weight excluding hydrogens is 338 g/mol. The molecule has 7 heteroatoms. The molecule has 1 atom stereocenters. The Hall–Kier alpha value is -2.54. The number of thiazole rings is 1. The van der Waals surface area contributed by atoms with Gasteiger partial charge in [-0.3, -0.25) is 9.20 Å². The Balaban J connectivity index is 1.52. The van der Waals surface area contributed by atoms with Crippen molar-refractivity contribution in [1.29, 1.82) is 0 Å². The predicted octanol–water partition coefficient (Wildman–Crippen LogP) is 2.81. The number of aryl methyl sites for hydroxylation is 2. The van der Waals surface area contributed by atoms with Crippen LogP contribution in [0.1, 0.15) is 16.3 Å². The normalized spacial score (nSPS) is 16.2. The molecule has 3 aromatic rings. The summed E-state index contributed by atoms with van der Waals surface area (Å²) in [6, 6.07) is 7.40. The van der Waals surface area contributed by atoms with Crippen molar-refractivity contribution in [3.05, 3.63) is 46.7 Å². The molecule has 1 aliphatic rings. The maximum Gasteiger partial charge on any atom is 0.267 e. The Morgan fingerprint density at radius 2 is 2.12 bits per heavy atom. The van der Waals surface area contributed by atoms with E-state index in [-0.39, 0.29) is 12.5 Å². The second-order valence-electron chi connectivity index (χ2n) is 6.20. The van der Waals surface area contributed by atoms with E-state index in [4.69, 9.17) is 9.47 Å². The highest BCUT2D eigenvalue weighted by Gasteiger charge is 2.30. The zero-order valence-corrected chi connectivity index (χ0v) is 15.2. The molecule has 0 bridgehead atoms. The highest BCUT2D eigenvalue weighted by Crippen LogP contribution is 2.31. The molecule has 25 heavy (non-hydrogen) atoms. The Morgan fingerprint density at radius 3 is 2.92 bits per heavy atom. The molecule has 2 aromatic heterocycles. The number of hydrogen-bond acceptors (Lipinski definition) is 5. The predicted molar refractivity (Wildman–Crippen MR) is 95.4 cm³/mol. The second kappa shape index (κ2) is 6.07. The minimum absolute atomic E-state index is 0.101. The SMILES string of the molecule is Cc1cn2c(CN(C)C(=O)C3COc4ccccc4O3)c(C)nc2s1. The molecule has 0 N–H and O–H groups in total. The molecule has 1 aromatic carbocycles. The molecule has 0 saturated heterocycles. The van der Waals surface area contributed by atoms with Gasteiger partial charge in [-0.25, -0.2) is 4.98 Å². The largest absolute Gasteiger partial charge is 0.485 e. The fourth-order valence-corrected chi connectivity index (χ4v) is 3.88. The first-order valence-electron chi connectivity index (χ1n) is 8.10. The van der Waals surface area contributed by atoms with Crippen molar-refractivity contribution >= 4 is 22.2 Å². The summed E-state index contributed by atoms with van der Waals surface area (Å²) in [6.07, 6.45) is 1.43. The lowest BCUT2D eigenvalue weighted by molar-refractivity contribution is -0.140. The Kier molecular flexibility index (Phi) is 3.88. The summed E-state index contributed by atoms with van der Waals surface area (Å²) in [4.78, 5) is 21.2. The average Bonchev–Trinajstić information content (AvgIpc) is 3.10. The van der Waals surface area contributed by atoms with Crippen LogP contribution in [0.5, 0.6) is 11.5 Å². The van der Waals surface area contributed by atoms with Crippen LogP contribution in [-0.2, 0) is 11.3 Å². The standard InChI is InChI=1S/C18H19N3O3S/c1-11-8-21-13(12(2)19-18(21)25-11)9-20(3)17(22)16-10-23-14-6-4-5-7-15(14)24-16/h4-8,16H,9-10H2,1-3H3. The van der Waals surface area contributed by atoms with Crippen LogP contribution in [0.3, 0.4) is 0 Å². The second-order valence-corrected chi connectivity index (χ2v) is 7.41. The maximum atomic E-state index is 12.8. The van der Waals surface area contributed by atoms with Gasteiger partial charge in [-0.05, 0) is 26.0 Å². The molecule has 1 amide bonds. The van der Waals surface area contributed by atoms with Gasteiger partial charge in [-0.15, -0.1) is 11.3 Å². The number of likely N-dealkylation sites (N-methyl/N-ethyl adjacent to an activating group) is 1. The summed E-state index contributed by atoms with van der Waals surface area (Å²) in [6.45, 7) is 4.72. The topological polar surface area (TPSA) is 56.1 Å². The van der Waals surface area contributed by atoms with Gasteiger partial charge in [0.2, 0.25) is 6.10 Å². The highest BCUT2D eigenvalue weighted by molar-refractivity contribution is 7.17. The van der Waals surface area contributed by atoms with Gasteiger partial charge >= 0.3 is 0 Å². The van der Waals surface area contributed by atoms with Gasteiger partial charge in [0.05, 0.1) is 17.9 Å². The zero-order valence-electron chi connectivity index (χ0n) is 14.4. The van der Waals surface area contributed by atoms with Crippen LogP contribution in [-0.4, -0.2) is 40.0 Å². The molecule has 6 nitrogen and oxygen atoms in total. The number of aromatic nitrogens is 2. The first-order chi connectivity index (χ1) is 12.0. The number of nitrogens with zero attached hydrogens (tertiary/aromatic N) is 3. The van der Waals surface area contributed by atoms with E-state index in [2.05, 4.69) is 22.5 Å². The molecule has 1 aliphatic heterocycles. The molecular formula is C18H19N3O3S. The van der Waals surface area contributed by atoms with Gasteiger partial charge in [0.15, 0.2) is 16.5 Å². The Morgan fingerprint density at radius 1 is 1.36 bits per heavy atom. The van der Waals surface area contributed by atoms with E-state index in [1.54, 1.807) is 23.3 Å². The van der Waals surface area contributed by atoms with Gasteiger partial charge in [0.25, 0.3) is 5.91 Å². The van der Waals surface area contributed by atoms with E-state index >= 15 is 0 Å². The number of rotatable bonds is 3. The van der Waals surface area contributed by atoms with E-state index in [0.29, 0.717) is 18.0 Å². The number of imidazole rings is 1. The van der Waals surface area contributed by atoms with Crippen molar-refractivity contribution in [2.45, 2.75) is 26.5 Å². The molecule has 0 fully saturated rings. The molecule has 130 valence electrons. The lowest BCUT2D eigenvalue weighted by Gasteiger charge is -2.28. The molecule has 1 unspecified atom stereocenters. The fourth-order valence-electron chi connectivity index (χ4n) is 2.99. The van der Waals surface area contributed by atoms with E-state index in [1.165, 1.54) is 4.88 Å². The van der Waals surface area contributed by atoms with E-state index in [1.807, 2.05) is 31.2 Å². The lowest BCUT2D eigenvalue weighted by atomic mass is 10.2. The molecule has 0 saturated carbocycles. The van der Waals surface area contributed by atoms with Gasteiger partial charge in [-0.1, -0.05) is 12.1 Å². The van der Waals surface area contributed by atoms with Crippen molar-refractivity contribution in [1.82, 2.24) is 14.3 Å². The molecule has 0 spiro atoms. The van der Waals surface area contributed by atoms with Crippen molar-refractivity contribution in [2.75, 3.05) is 13.7 Å². The van der Waals surface area contributed by atoms with Crippen LogP contribution >= 0.6 is 11.3 Å². The minimum Gasteiger partial charge on any atom is -0.485 e. The summed E-state index contributed by atoms with van der Waals surface area (Å²) in [5.74, 6) is 1.18. The number of carbonyl (C=O) groups is 1. The van der Waals surface area contributed by atoms with Crippen molar-refractivity contribution < 1.29 is 14.3 Å². The Bertz CT molecular complexity index is 946. The molecule has 3 heterocycles. The van der Waals surface area contributed by atoms with Gasteiger partial charge < -0.3 is 14.4 Å². The third-order valence-electron chi connectivity index (χ3n) is 4.29. The van der Waals surface area contributed by atoms with Crippen LogP contribution in [0.25, 0.3) is 4.96 Å². The first-order valence-corrected chi connectivity index (χ1v) is 8.92. The van der Waals surface area contributed by atoms with Gasteiger partial charge in [-0.2, -0.15) is 0 Å². The number of fused-ring (bicyclic) bond motifs is 2. The van der Waals surface area contributed by atoms with Crippen molar-refractivity contribution in [2.24, 2.45) is 0 Å². The highest BCUT2D eigenvalue weighted by atomic mass is 32.1. The zero-order chi connectivity index (χ0) is 17.6. The number of carbonyl (C=O) groups excluding carboxylic acids is 1. The quantitative estimate of drug-likeness (QED) is 0.723. The smallest absolute Gasteiger partial charge is 0.267 e. The number of amides is 1. The summed E-state index contributed by atoms with van der Waals surface area (Å²) in [5.41, 5.74) is 1.96. The number of benzene rings is 1. The van der Waals surface area contributed by atoms with Crippen LogP contribution in [0, 0.1) is 13.8 Å². The van der Waals surface area contributed by atoms with Gasteiger partial charge in [0.1, 0.15) is 6.61 Å². The van der Waals surface area contributed by atoms with Gasteiger partial charge in [0, 0.05) is 18.1 Å². The van der Waals surface area contributed by atoms with E-state index in [9.17, 15) is 4.79 Å². The fraction of sp³-hybridized carbons (Fsp3) is 0.333. The molecule has 4 rings (SSSR count). The molecule has 0 aliphatic carbocycles. The maximum absolute atomic E-state index is 12.8. The third-order valence-corrected chi connectivity index (χ3v) is 5.19. The number of hydrogen-bond donors (Lipinski definition) is 0. The van der Waals surface area contributed by atoms with E-state index in [0.717, 1.165) is 16.3 Å². The summed E-state index contributed by atoms with van der Waals surface area (Å²) in [7, 11) is 1.78. The number of ether oxygens (including phenoxy) is 2. The summed E-state index contributed by atoms with van der Waals surface area (Å²) in [5, 5.41) is 0. The third kappa shape index (κ3) is 2.84.